The number of ether oxygens (including phenoxy) is 5. The van der Waals surface area contributed by atoms with Crippen LogP contribution in [0.2, 0.25) is 0 Å². The van der Waals surface area contributed by atoms with Crippen molar-refractivity contribution in [1.29, 1.82) is 0 Å². The highest BCUT2D eigenvalue weighted by molar-refractivity contribution is 5.92. The molecular weight excluding hydrogens is 558 g/mol. The fraction of sp³-hybridized carbons (Fsp3) is 0.389. The molecule has 3 aromatic carbocycles. The molecule has 0 aromatic heterocycles. The van der Waals surface area contributed by atoms with E-state index in [-0.39, 0.29) is 30.4 Å². The molecule has 0 spiro atoms. The number of esters is 1. The van der Waals surface area contributed by atoms with Gasteiger partial charge in [-0.25, -0.2) is 9.59 Å². The van der Waals surface area contributed by atoms with Gasteiger partial charge in [-0.15, -0.1) is 0 Å². The number of hydrogen-bond acceptors (Lipinski definition) is 7. The van der Waals surface area contributed by atoms with Crippen molar-refractivity contribution in [1.82, 2.24) is 5.32 Å². The minimum Gasteiger partial charge on any atom is -0.497 e. The molecule has 0 aliphatic heterocycles. The zero-order chi connectivity index (χ0) is 32.0. The lowest BCUT2D eigenvalue weighted by Gasteiger charge is -2.32. The maximum Gasteiger partial charge on any atom is 0.412 e. The number of benzene rings is 3. The number of methoxy groups -OCH3 is 2. The summed E-state index contributed by atoms with van der Waals surface area (Å²) in [6.45, 7) is 7.79. The van der Waals surface area contributed by atoms with Crippen LogP contribution in [0.4, 0.5) is 4.79 Å². The van der Waals surface area contributed by atoms with Crippen LogP contribution in [0.15, 0.2) is 96.7 Å². The summed E-state index contributed by atoms with van der Waals surface area (Å²) in [6, 6.07) is 28.2. The second-order valence-electron chi connectivity index (χ2n) is 11.5. The molecule has 3 aromatic rings. The van der Waals surface area contributed by atoms with Crippen LogP contribution in [0.5, 0.6) is 5.75 Å². The second-order valence-corrected chi connectivity index (χ2v) is 11.5. The van der Waals surface area contributed by atoms with E-state index in [1.54, 1.807) is 27.9 Å². The van der Waals surface area contributed by atoms with Gasteiger partial charge in [-0.1, -0.05) is 72.8 Å². The van der Waals surface area contributed by atoms with Gasteiger partial charge in [-0.05, 0) is 75.4 Å². The quantitative estimate of drug-likeness (QED) is 0.153. The Labute approximate surface area is 261 Å². The molecule has 0 bridgehead atoms. The third kappa shape index (κ3) is 11.9. The first-order valence-electron chi connectivity index (χ1n) is 14.8. The van der Waals surface area contributed by atoms with Crippen LogP contribution in [0.1, 0.15) is 44.4 Å². The zero-order valence-electron chi connectivity index (χ0n) is 26.6. The van der Waals surface area contributed by atoms with E-state index in [2.05, 4.69) is 36.5 Å². The first-order valence-corrected chi connectivity index (χ1v) is 14.8. The molecule has 0 saturated heterocycles. The van der Waals surface area contributed by atoms with Gasteiger partial charge in [0.05, 0.1) is 39.6 Å². The Morgan fingerprint density at radius 1 is 0.795 bits per heavy atom. The van der Waals surface area contributed by atoms with E-state index in [9.17, 15) is 9.59 Å². The highest BCUT2D eigenvalue weighted by atomic mass is 16.6. The summed E-state index contributed by atoms with van der Waals surface area (Å²) in [5.74, 6) is 0.0429. The molecule has 3 atom stereocenters. The van der Waals surface area contributed by atoms with Crippen LogP contribution < -0.4 is 10.1 Å². The second kappa shape index (κ2) is 17.2. The number of carbonyl (C=O) groups excluding carboxylic acids is 2. The van der Waals surface area contributed by atoms with Crippen LogP contribution in [-0.2, 0) is 43.2 Å². The van der Waals surface area contributed by atoms with Gasteiger partial charge < -0.3 is 23.7 Å². The maximum absolute atomic E-state index is 12.5. The van der Waals surface area contributed by atoms with Crippen LogP contribution in [-0.4, -0.2) is 50.7 Å². The number of hydrogen-bond donors (Lipinski definition) is 1. The molecule has 0 unspecified atom stereocenters. The molecule has 0 saturated carbocycles. The van der Waals surface area contributed by atoms with Crippen molar-refractivity contribution in [3.63, 3.8) is 0 Å². The lowest BCUT2D eigenvalue weighted by molar-refractivity contribution is -0.136. The fourth-order valence-corrected chi connectivity index (χ4v) is 4.70. The van der Waals surface area contributed by atoms with Gasteiger partial charge in [0.15, 0.2) is 0 Å². The molecule has 1 amide bonds. The lowest BCUT2D eigenvalue weighted by Crippen LogP contribution is -2.37. The molecule has 1 N–H and O–H groups in total. The standard InChI is InChI=1S/C36H45NO7/c1-26(43-25-29-17-19-30(40-5)20-18-29)31(23-27-13-9-7-10-14-27)33(24-28-15-11-8-12-16-28)42-22-21-32(34(38)41-6)37-35(39)44-36(2,3)4/h7-21,26,31,33H,22-25H2,1-6H3,(H,37,39)/t26-,31-,33+/m0/s1. The Morgan fingerprint density at radius 3 is 1.93 bits per heavy atom. The maximum atomic E-state index is 12.5. The molecule has 0 aliphatic rings. The first kappa shape index (κ1) is 34.4. The molecule has 0 fully saturated rings. The SMILES string of the molecule is COC(=O)C(=CCO[C@H](Cc1ccccc1)[C@@H](Cc1ccccc1)[C@H](C)OCc1ccc(OC)cc1)NC(=O)OC(C)(C)C. The smallest absolute Gasteiger partial charge is 0.412 e. The van der Waals surface area contributed by atoms with Gasteiger partial charge in [-0.2, -0.15) is 0 Å². The Balaban J connectivity index is 1.86. The van der Waals surface area contributed by atoms with Gasteiger partial charge in [0.2, 0.25) is 0 Å². The summed E-state index contributed by atoms with van der Waals surface area (Å²) in [4.78, 5) is 24.9. The van der Waals surface area contributed by atoms with E-state index in [0.717, 1.165) is 22.4 Å². The monoisotopic (exact) mass is 603 g/mol. The number of amides is 1. The summed E-state index contributed by atoms with van der Waals surface area (Å²) in [6.07, 6.45) is 1.62. The third-order valence-corrected chi connectivity index (χ3v) is 6.99. The minimum atomic E-state index is -0.752. The van der Waals surface area contributed by atoms with Gasteiger partial charge in [0, 0.05) is 5.92 Å². The van der Waals surface area contributed by atoms with Gasteiger partial charge in [-0.3, -0.25) is 5.32 Å². The van der Waals surface area contributed by atoms with Crippen molar-refractivity contribution in [2.75, 3.05) is 20.8 Å². The van der Waals surface area contributed by atoms with Gasteiger partial charge in [0.25, 0.3) is 0 Å². The van der Waals surface area contributed by atoms with Gasteiger partial charge in [0.1, 0.15) is 17.0 Å². The lowest BCUT2D eigenvalue weighted by atomic mass is 9.86. The summed E-state index contributed by atoms with van der Waals surface area (Å²) >= 11 is 0. The molecular formula is C36H45NO7. The normalized spacial score (nSPS) is 13.8. The highest BCUT2D eigenvalue weighted by Crippen LogP contribution is 2.26. The van der Waals surface area contributed by atoms with Crippen molar-refractivity contribution in [3.05, 3.63) is 113 Å². The zero-order valence-corrected chi connectivity index (χ0v) is 26.6. The van der Waals surface area contributed by atoms with Crippen LogP contribution in [0, 0.1) is 5.92 Å². The van der Waals surface area contributed by atoms with Crippen molar-refractivity contribution >= 4 is 12.1 Å². The van der Waals surface area contributed by atoms with Crippen molar-refractivity contribution in [2.45, 2.75) is 65.0 Å². The largest absolute Gasteiger partial charge is 0.497 e. The van der Waals surface area contributed by atoms with E-state index < -0.39 is 17.7 Å². The van der Waals surface area contributed by atoms with Crippen molar-refractivity contribution in [2.24, 2.45) is 5.92 Å². The van der Waals surface area contributed by atoms with E-state index >= 15 is 0 Å². The molecule has 236 valence electrons. The average molecular weight is 604 g/mol. The Hall–Kier alpha value is -4.14. The van der Waals surface area contributed by atoms with E-state index in [4.69, 9.17) is 23.7 Å². The molecule has 0 aliphatic carbocycles. The van der Waals surface area contributed by atoms with Crippen molar-refractivity contribution in [3.8, 4) is 5.75 Å². The molecule has 0 radical (unpaired) electrons. The molecule has 8 heteroatoms. The Bertz CT molecular complexity index is 1320. The third-order valence-electron chi connectivity index (χ3n) is 6.99. The summed E-state index contributed by atoms with van der Waals surface area (Å²) < 4.78 is 28.5. The van der Waals surface area contributed by atoms with Crippen LogP contribution >= 0.6 is 0 Å². The predicted molar refractivity (Wildman–Crippen MR) is 170 cm³/mol. The Kier molecular flexibility index (Phi) is 13.5. The topological polar surface area (TPSA) is 92.3 Å². The summed E-state index contributed by atoms with van der Waals surface area (Å²) in [7, 11) is 2.90. The van der Waals surface area contributed by atoms with Crippen molar-refractivity contribution < 1.29 is 33.3 Å². The van der Waals surface area contributed by atoms with Crippen LogP contribution in [0.3, 0.4) is 0 Å². The number of nitrogens with one attached hydrogen (secondary N) is 1. The molecule has 8 nitrogen and oxygen atoms in total. The Morgan fingerprint density at radius 2 is 1.39 bits per heavy atom. The number of alkyl carbamates (subject to hydrolysis) is 1. The number of rotatable bonds is 15. The van der Waals surface area contributed by atoms with E-state index in [1.165, 1.54) is 13.2 Å². The fourth-order valence-electron chi connectivity index (χ4n) is 4.70. The highest BCUT2D eigenvalue weighted by Gasteiger charge is 2.29. The average Bonchev–Trinajstić information content (AvgIpc) is 3.01. The number of carbonyl (C=O) groups is 2. The summed E-state index contributed by atoms with van der Waals surface area (Å²) in [5.41, 5.74) is 2.53. The molecule has 0 heterocycles. The van der Waals surface area contributed by atoms with E-state index in [0.29, 0.717) is 19.4 Å². The van der Waals surface area contributed by atoms with Gasteiger partial charge >= 0.3 is 12.1 Å². The predicted octanol–water partition coefficient (Wildman–Crippen LogP) is 6.67. The van der Waals surface area contributed by atoms with Crippen LogP contribution in [0.25, 0.3) is 0 Å². The minimum absolute atomic E-state index is 0.0498. The molecule has 44 heavy (non-hydrogen) atoms. The summed E-state index contributed by atoms with van der Waals surface area (Å²) in [5, 5.41) is 2.50. The first-order chi connectivity index (χ1) is 21.1. The molecule has 3 rings (SSSR count). The van der Waals surface area contributed by atoms with E-state index in [1.807, 2.05) is 60.7 Å².